The van der Waals surface area contributed by atoms with Crippen LogP contribution in [0, 0.1) is 0 Å². The highest BCUT2D eigenvalue weighted by Crippen LogP contribution is 2.27. The van der Waals surface area contributed by atoms with Gasteiger partial charge in [0.15, 0.2) is 18.1 Å². The number of rotatable bonds is 9. The van der Waals surface area contributed by atoms with Crippen molar-refractivity contribution < 1.29 is 23.8 Å². The molecule has 0 radical (unpaired) electrons. The lowest BCUT2D eigenvalue weighted by Gasteiger charge is -2.07. The summed E-state index contributed by atoms with van der Waals surface area (Å²) in [7, 11) is 3.09. The van der Waals surface area contributed by atoms with E-state index in [-0.39, 0.29) is 12.5 Å². The molecule has 0 aromatic heterocycles. The van der Waals surface area contributed by atoms with Gasteiger partial charge in [-0.05, 0) is 35.8 Å². The maximum absolute atomic E-state index is 11.7. The molecule has 2 aromatic carbocycles. The molecule has 1 N–H and O–H groups in total. The van der Waals surface area contributed by atoms with Crippen molar-refractivity contribution >= 4 is 18.0 Å². The van der Waals surface area contributed by atoms with Gasteiger partial charge in [0.1, 0.15) is 0 Å². The van der Waals surface area contributed by atoms with E-state index < -0.39 is 5.97 Å². The fourth-order valence-electron chi connectivity index (χ4n) is 2.35. The number of carbonyl (C=O) groups is 2. The van der Waals surface area contributed by atoms with E-state index in [2.05, 4.69) is 5.32 Å². The van der Waals surface area contributed by atoms with Gasteiger partial charge >= 0.3 is 5.97 Å². The Balaban J connectivity index is 1.73. The molecule has 0 unspecified atom stereocenters. The lowest BCUT2D eigenvalue weighted by atomic mass is 10.1. The number of ether oxygens (including phenoxy) is 3. The average molecular weight is 369 g/mol. The highest BCUT2D eigenvalue weighted by atomic mass is 16.5. The number of hydrogen-bond donors (Lipinski definition) is 1. The van der Waals surface area contributed by atoms with E-state index in [0.29, 0.717) is 18.0 Å². The molecule has 6 nitrogen and oxygen atoms in total. The molecular formula is C21H23NO5. The van der Waals surface area contributed by atoms with Crippen molar-refractivity contribution in [2.75, 3.05) is 27.4 Å². The number of hydrogen-bond acceptors (Lipinski definition) is 5. The largest absolute Gasteiger partial charge is 0.493 e. The molecule has 0 fully saturated rings. The quantitative estimate of drug-likeness (QED) is 0.543. The fourth-order valence-corrected chi connectivity index (χ4v) is 2.35. The molecule has 0 aliphatic carbocycles. The zero-order valence-electron chi connectivity index (χ0n) is 15.4. The van der Waals surface area contributed by atoms with Gasteiger partial charge in [-0.3, -0.25) is 4.79 Å². The van der Waals surface area contributed by atoms with E-state index in [1.807, 2.05) is 30.3 Å². The molecule has 0 heterocycles. The van der Waals surface area contributed by atoms with E-state index >= 15 is 0 Å². The third kappa shape index (κ3) is 6.86. The summed E-state index contributed by atoms with van der Waals surface area (Å²) >= 11 is 0. The topological polar surface area (TPSA) is 73.9 Å². The first kappa shape index (κ1) is 20.0. The Kier molecular flexibility index (Phi) is 7.91. The summed E-state index contributed by atoms with van der Waals surface area (Å²) in [5.74, 6) is 0.233. The molecule has 6 heteroatoms. The Hall–Kier alpha value is -3.28. The van der Waals surface area contributed by atoms with Crippen LogP contribution in [0.2, 0.25) is 0 Å². The van der Waals surface area contributed by atoms with Crippen LogP contribution in [0.1, 0.15) is 11.1 Å². The van der Waals surface area contributed by atoms with Crippen molar-refractivity contribution in [2.24, 2.45) is 0 Å². The summed E-state index contributed by atoms with van der Waals surface area (Å²) in [6, 6.07) is 15.1. The number of methoxy groups -OCH3 is 2. The second-order valence-corrected chi connectivity index (χ2v) is 5.64. The average Bonchev–Trinajstić information content (AvgIpc) is 2.71. The van der Waals surface area contributed by atoms with Crippen molar-refractivity contribution in [3.63, 3.8) is 0 Å². The first-order valence-electron chi connectivity index (χ1n) is 8.50. The Labute approximate surface area is 158 Å². The Morgan fingerprint density at radius 2 is 1.74 bits per heavy atom. The molecular weight excluding hydrogens is 346 g/mol. The van der Waals surface area contributed by atoms with Crippen molar-refractivity contribution in [2.45, 2.75) is 6.42 Å². The standard InChI is InChI=1S/C21H23NO5/c1-25-18-10-8-17(14-19(18)26-2)9-11-21(24)27-15-20(23)22-13-12-16-6-4-3-5-7-16/h3-11,14H,12-13,15H2,1-2H3,(H,22,23). The first-order chi connectivity index (χ1) is 13.1. The number of nitrogens with one attached hydrogen (secondary N) is 1. The minimum absolute atomic E-state index is 0.316. The number of amides is 1. The van der Waals surface area contributed by atoms with Crippen molar-refractivity contribution in [1.82, 2.24) is 5.32 Å². The van der Waals surface area contributed by atoms with Crippen LogP contribution in [-0.4, -0.2) is 39.2 Å². The van der Waals surface area contributed by atoms with E-state index in [1.165, 1.54) is 13.2 Å². The van der Waals surface area contributed by atoms with E-state index in [9.17, 15) is 9.59 Å². The summed E-state index contributed by atoms with van der Waals surface area (Å²) < 4.78 is 15.3. The van der Waals surface area contributed by atoms with Crippen LogP contribution < -0.4 is 14.8 Å². The van der Waals surface area contributed by atoms with Gasteiger partial charge < -0.3 is 19.5 Å². The molecule has 0 bridgehead atoms. The molecule has 142 valence electrons. The summed E-state index contributed by atoms with van der Waals surface area (Å²) in [5, 5.41) is 2.72. The molecule has 0 saturated heterocycles. The minimum atomic E-state index is -0.594. The lowest BCUT2D eigenvalue weighted by Crippen LogP contribution is -2.30. The Morgan fingerprint density at radius 1 is 1.00 bits per heavy atom. The van der Waals surface area contributed by atoms with Crippen LogP contribution in [-0.2, 0) is 20.7 Å². The molecule has 0 atom stereocenters. The van der Waals surface area contributed by atoms with E-state index in [1.54, 1.807) is 31.4 Å². The van der Waals surface area contributed by atoms with Crippen LogP contribution in [0.3, 0.4) is 0 Å². The van der Waals surface area contributed by atoms with Crippen LogP contribution in [0.5, 0.6) is 11.5 Å². The number of esters is 1. The predicted molar refractivity (Wildman–Crippen MR) is 103 cm³/mol. The zero-order chi connectivity index (χ0) is 19.5. The van der Waals surface area contributed by atoms with Crippen LogP contribution in [0.15, 0.2) is 54.6 Å². The summed E-state index contributed by atoms with van der Waals surface area (Å²) in [4.78, 5) is 23.5. The second kappa shape index (κ2) is 10.7. The van der Waals surface area contributed by atoms with Gasteiger partial charge in [-0.1, -0.05) is 36.4 Å². The van der Waals surface area contributed by atoms with Crippen LogP contribution in [0.4, 0.5) is 0 Å². The van der Waals surface area contributed by atoms with Gasteiger partial charge in [-0.2, -0.15) is 0 Å². The van der Waals surface area contributed by atoms with Gasteiger partial charge in [0.25, 0.3) is 5.91 Å². The van der Waals surface area contributed by atoms with Gasteiger partial charge in [0.05, 0.1) is 14.2 Å². The molecule has 2 aromatic rings. The third-order valence-corrected chi connectivity index (χ3v) is 3.74. The Morgan fingerprint density at radius 3 is 2.44 bits per heavy atom. The zero-order valence-corrected chi connectivity index (χ0v) is 15.4. The van der Waals surface area contributed by atoms with Crippen molar-refractivity contribution in [3.8, 4) is 11.5 Å². The monoisotopic (exact) mass is 369 g/mol. The lowest BCUT2D eigenvalue weighted by molar-refractivity contribution is -0.143. The van der Waals surface area contributed by atoms with Crippen molar-refractivity contribution in [1.29, 1.82) is 0 Å². The van der Waals surface area contributed by atoms with Gasteiger partial charge in [0, 0.05) is 12.6 Å². The highest BCUT2D eigenvalue weighted by Gasteiger charge is 2.06. The minimum Gasteiger partial charge on any atom is -0.493 e. The molecule has 0 saturated carbocycles. The maximum Gasteiger partial charge on any atom is 0.331 e. The fraction of sp³-hybridized carbons (Fsp3) is 0.238. The predicted octanol–water partition coefficient (Wildman–Crippen LogP) is 2.62. The maximum atomic E-state index is 11.7. The van der Waals surface area contributed by atoms with E-state index in [0.717, 1.165) is 17.5 Å². The van der Waals surface area contributed by atoms with Crippen LogP contribution >= 0.6 is 0 Å². The smallest absolute Gasteiger partial charge is 0.331 e. The van der Waals surface area contributed by atoms with Gasteiger partial charge in [-0.25, -0.2) is 4.79 Å². The molecule has 1 amide bonds. The normalized spacial score (nSPS) is 10.4. The first-order valence-corrected chi connectivity index (χ1v) is 8.50. The molecule has 0 aliphatic rings. The Bertz CT molecular complexity index is 786. The second-order valence-electron chi connectivity index (χ2n) is 5.64. The number of benzene rings is 2. The van der Waals surface area contributed by atoms with Crippen molar-refractivity contribution in [3.05, 3.63) is 65.7 Å². The molecule has 27 heavy (non-hydrogen) atoms. The summed E-state index contributed by atoms with van der Waals surface area (Å²) in [5.41, 5.74) is 1.88. The van der Waals surface area contributed by atoms with Crippen LogP contribution in [0.25, 0.3) is 6.08 Å². The molecule has 2 rings (SSSR count). The van der Waals surface area contributed by atoms with Gasteiger partial charge in [0.2, 0.25) is 0 Å². The highest BCUT2D eigenvalue weighted by molar-refractivity contribution is 5.89. The number of carbonyl (C=O) groups excluding carboxylic acids is 2. The summed E-state index contributed by atoms with van der Waals surface area (Å²) in [6.07, 6.45) is 3.57. The molecule has 0 spiro atoms. The van der Waals surface area contributed by atoms with Gasteiger partial charge in [-0.15, -0.1) is 0 Å². The third-order valence-electron chi connectivity index (χ3n) is 3.74. The van der Waals surface area contributed by atoms with E-state index in [4.69, 9.17) is 14.2 Å². The SMILES string of the molecule is COc1ccc(C=CC(=O)OCC(=O)NCCc2ccccc2)cc1OC. The molecule has 0 aliphatic heterocycles. The summed E-state index contributed by atoms with van der Waals surface area (Å²) in [6.45, 7) is 0.172.